The maximum atomic E-state index is 2.32. The minimum Gasteiger partial charge on any atom is -0.298 e. The molecule has 0 aliphatic carbocycles. The Bertz CT molecular complexity index is 758. The Labute approximate surface area is 144 Å². The Balaban J connectivity index is 1.55. The predicted molar refractivity (Wildman–Crippen MR) is 104 cm³/mol. The molecule has 0 amide bonds. The molecule has 0 atom stereocenters. The van der Waals surface area contributed by atoms with Gasteiger partial charge in [-0.05, 0) is 29.3 Å². The molecule has 3 aromatic rings. The highest BCUT2D eigenvalue weighted by molar-refractivity contribution is 5.63. The molecule has 0 spiro atoms. The van der Waals surface area contributed by atoms with Gasteiger partial charge in [0.05, 0.1) is 0 Å². The molecular formula is C23H23N. The lowest BCUT2D eigenvalue weighted by Gasteiger charge is -2.14. The lowest BCUT2D eigenvalue weighted by Crippen LogP contribution is -2.17. The van der Waals surface area contributed by atoms with E-state index in [4.69, 9.17) is 0 Å². The molecular weight excluding hydrogens is 290 g/mol. The van der Waals surface area contributed by atoms with Gasteiger partial charge in [-0.1, -0.05) is 97.1 Å². The summed E-state index contributed by atoms with van der Waals surface area (Å²) >= 11 is 0. The van der Waals surface area contributed by atoms with Crippen LogP contribution < -0.4 is 0 Å². The monoisotopic (exact) mass is 313 g/mol. The van der Waals surface area contributed by atoms with Gasteiger partial charge in [-0.3, -0.25) is 4.90 Å². The summed E-state index contributed by atoms with van der Waals surface area (Å²) in [6.07, 6.45) is 4.39. The van der Waals surface area contributed by atoms with Crippen LogP contribution in [0.2, 0.25) is 0 Å². The van der Waals surface area contributed by atoms with Gasteiger partial charge in [0.2, 0.25) is 0 Å². The van der Waals surface area contributed by atoms with Crippen LogP contribution in [0.25, 0.3) is 17.2 Å². The van der Waals surface area contributed by atoms with Crippen molar-refractivity contribution in [1.29, 1.82) is 0 Å². The maximum absolute atomic E-state index is 2.32. The van der Waals surface area contributed by atoms with Crippen LogP contribution in [0.15, 0.2) is 91.0 Å². The van der Waals surface area contributed by atoms with Crippen molar-refractivity contribution in [2.75, 3.05) is 13.6 Å². The summed E-state index contributed by atoms with van der Waals surface area (Å²) in [7, 11) is 2.15. The molecule has 0 heterocycles. The summed E-state index contributed by atoms with van der Waals surface area (Å²) in [5.41, 5.74) is 5.12. The van der Waals surface area contributed by atoms with E-state index in [2.05, 4.69) is 103 Å². The average molecular weight is 313 g/mol. The van der Waals surface area contributed by atoms with Crippen molar-refractivity contribution in [2.24, 2.45) is 0 Å². The molecule has 0 aliphatic rings. The molecule has 1 nitrogen and oxygen atoms in total. The molecule has 3 rings (SSSR count). The number of benzene rings is 3. The fourth-order valence-electron chi connectivity index (χ4n) is 2.74. The molecule has 0 saturated carbocycles. The fourth-order valence-corrected chi connectivity index (χ4v) is 2.74. The van der Waals surface area contributed by atoms with Crippen LogP contribution in [-0.2, 0) is 6.54 Å². The van der Waals surface area contributed by atoms with Crippen molar-refractivity contribution in [3.8, 4) is 11.1 Å². The van der Waals surface area contributed by atoms with Gasteiger partial charge in [-0.15, -0.1) is 0 Å². The van der Waals surface area contributed by atoms with Gasteiger partial charge in [-0.25, -0.2) is 0 Å². The van der Waals surface area contributed by atoms with E-state index in [-0.39, 0.29) is 0 Å². The average Bonchev–Trinajstić information content (AvgIpc) is 2.64. The molecule has 0 N–H and O–H groups in total. The normalized spacial score (nSPS) is 11.2. The van der Waals surface area contributed by atoms with E-state index in [1.807, 2.05) is 6.07 Å². The Hall–Kier alpha value is -2.64. The summed E-state index contributed by atoms with van der Waals surface area (Å²) in [6.45, 7) is 1.89. The Morgan fingerprint density at radius 1 is 0.708 bits per heavy atom. The van der Waals surface area contributed by atoms with E-state index in [9.17, 15) is 0 Å². The molecule has 0 unspecified atom stereocenters. The first kappa shape index (κ1) is 16.2. The van der Waals surface area contributed by atoms with Crippen LogP contribution in [0.5, 0.6) is 0 Å². The van der Waals surface area contributed by atoms with Crippen LogP contribution in [-0.4, -0.2) is 18.5 Å². The third-order valence-electron chi connectivity index (χ3n) is 4.04. The predicted octanol–water partition coefficient (Wildman–Crippen LogP) is 5.50. The van der Waals surface area contributed by atoms with E-state index >= 15 is 0 Å². The van der Waals surface area contributed by atoms with Crippen molar-refractivity contribution in [3.63, 3.8) is 0 Å². The van der Waals surface area contributed by atoms with Gasteiger partial charge in [0.15, 0.2) is 0 Å². The SMILES string of the molecule is CN(C/C=C/c1ccccc1)Cc1ccc(-c2ccccc2)cc1. The first-order chi connectivity index (χ1) is 11.8. The van der Waals surface area contributed by atoms with Crippen LogP contribution in [0.4, 0.5) is 0 Å². The standard InChI is InChI=1S/C23H23N/c1-24(18-8-11-20-9-4-2-5-10-20)19-21-14-16-23(17-15-21)22-12-6-3-7-13-22/h2-17H,18-19H2,1H3/b11-8+. The van der Waals surface area contributed by atoms with Gasteiger partial charge in [0, 0.05) is 13.1 Å². The first-order valence-corrected chi connectivity index (χ1v) is 8.36. The van der Waals surface area contributed by atoms with Crippen LogP contribution in [0, 0.1) is 0 Å². The zero-order valence-corrected chi connectivity index (χ0v) is 14.1. The highest BCUT2D eigenvalue weighted by Gasteiger charge is 2.00. The second-order valence-electron chi connectivity index (χ2n) is 6.07. The number of rotatable bonds is 6. The van der Waals surface area contributed by atoms with Gasteiger partial charge in [-0.2, -0.15) is 0 Å². The smallest absolute Gasteiger partial charge is 0.0233 e. The summed E-state index contributed by atoms with van der Waals surface area (Å²) in [5, 5.41) is 0. The summed E-state index contributed by atoms with van der Waals surface area (Å²) in [5.74, 6) is 0. The van der Waals surface area contributed by atoms with E-state index in [1.54, 1.807) is 0 Å². The summed E-state index contributed by atoms with van der Waals surface area (Å²) in [4.78, 5) is 2.32. The second kappa shape index (κ2) is 8.28. The number of nitrogens with zero attached hydrogens (tertiary/aromatic N) is 1. The molecule has 24 heavy (non-hydrogen) atoms. The van der Waals surface area contributed by atoms with Crippen LogP contribution in [0.1, 0.15) is 11.1 Å². The lowest BCUT2D eigenvalue weighted by molar-refractivity contribution is 0.364. The molecule has 0 saturated heterocycles. The van der Waals surface area contributed by atoms with Gasteiger partial charge in [0.25, 0.3) is 0 Å². The van der Waals surface area contributed by atoms with Gasteiger partial charge in [0.1, 0.15) is 0 Å². The topological polar surface area (TPSA) is 3.24 Å². The minimum absolute atomic E-state index is 0.940. The number of hydrogen-bond donors (Lipinski definition) is 0. The Morgan fingerprint density at radius 2 is 1.29 bits per heavy atom. The third kappa shape index (κ3) is 4.68. The van der Waals surface area contributed by atoms with E-state index < -0.39 is 0 Å². The zero-order valence-electron chi connectivity index (χ0n) is 14.1. The second-order valence-corrected chi connectivity index (χ2v) is 6.07. The molecule has 0 aliphatic heterocycles. The zero-order chi connectivity index (χ0) is 16.6. The summed E-state index contributed by atoms with van der Waals surface area (Å²) < 4.78 is 0. The van der Waals surface area contributed by atoms with Crippen molar-refractivity contribution in [1.82, 2.24) is 4.90 Å². The van der Waals surface area contributed by atoms with Crippen molar-refractivity contribution >= 4 is 6.08 Å². The Kier molecular flexibility index (Phi) is 5.60. The van der Waals surface area contributed by atoms with Crippen molar-refractivity contribution < 1.29 is 0 Å². The maximum Gasteiger partial charge on any atom is 0.0233 e. The first-order valence-electron chi connectivity index (χ1n) is 8.36. The van der Waals surface area contributed by atoms with Gasteiger partial charge >= 0.3 is 0 Å². The van der Waals surface area contributed by atoms with Crippen molar-refractivity contribution in [3.05, 3.63) is 102 Å². The summed E-state index contributed by atoms with van der Waals surface area (Å²) in [6, 6.07) is 29.8. The fraction of sp³-hybridized carbons (Fsp3) is 0.130. The highest BCUT2D eigenvalue weighted by atomic mass is 15.1. The molecule has 0 bridgehead atoms. The molecule has 0 radical (unpaired) electrons. The van der Waals surface area contributed by atoms with Crippen molar-refractivity contribution in [2.45, 2.75) is 6.54 Å². The number of likely N-dealkylation sites (N-methyl/N-ethyl adjacent to an activating group) is 1. The van der Waals surface area contributed by atoms with E-state index in [0.717, 1.165) is 13.1 Å². The van der Waals surface area contributed by atoms with E-state index in [1.165, 1.54) is 22.3 Å². The quantitative estimate of drug-likeness (QED) is 0.581. The van der Waals surface area contributed by atoms with Gasteiger partial charge < -0.3 is 0 Å². The minimum atomic E-state index is 0.940. The Morgan fingerprint density at radius 3 is 1.96 bits per heavy atom. The molecule has 120 valence electrons. The van der Waals surface area contributed by atoms with E-state index in [0.29, 0.717) is 0 Å². The van der Waals surface area contributed by atoms with Crippen LogP contribution >= 0.6 is 0 Å². The molecule has 0 fully saturated rings. The third-order valence-corrected chi connectivity index (χ3v) is 4.04. The number of hydrogen-bond acceptors (Lipinski definition) is 1. The molecule has 0 aromatic heterocycles. The molecule has 1 heteroatoms. The van der Waals surface area contributed by atoms with Crippen LogP contribution in [0.3, 0.4) is 0 Å². The lowest BCUT2D eigenvalue weighted by atomic mass is 10.0. The molecule has 3 aromatic carbocycles. The highest BCUT2D eigenvalue weighted by Crippen LogP contribution is 2.19. The largest absolute Gasteiger partial charge is 0.298 e.